The number of rotatable bonds is 5. The number of aromatic carboxylic acids is 1. The van der Waals surface area contributed by atoms with Crippen LogP contribution in [0.2, 0.25) is 0 Å². The number of hydrogen-bond donors (Lipinski definition) is 2. The summed E-state index contributed by atoms with van der Waals surface area (Å²) in [5.41, 5.74) is 10.7. The first-order valence-corrected chi connectivity index (χ1v) is 7.13. The topological polar surface area (TPSA) is 68.2 Å². The van der Waals surface area contributed by atoms with Crippen molar-refractivity contribution in [3.63, 3.8) is 0 Å². The highest BCUT2D eigenvalue weighted by Gasteiger charge is 2.18. The van der Waals surface area contributed by atoms with Gasteiger partial charge in [0.15, 0.2) is 0 Å². The molecular formula is C16H22N2O2. The Morgan fingerprint density at radius 3 is 2.55 bits per heavy atom. The van der Waals surface area contributed by atoms with Gasteiger partial charge in [-0.25, -0.2) is 4.79 Å². The van der Waals surface area contributed by atoms with Crippen LogP contribution in [0.1, 0.15) is 41.0 Å². The number of aromatic nitrogens is 1. The Balaban J connectivity index is 2.88. The molecule has 0 aliphatic carbocycles. The minimum atomic E-state index is -0.873. The van der Waals surface area contributed by atoms with Crippen molar-refractivity contribution in [2.45, 2.75) is 40.2 Å². The van der Waals surface area contributed by atoms with Crippen LogP contribution in [0.15, 0.2) is 12.1 Å². The molecule has 0 saturated carbocycles. The van der Waals surface area contributed by atoms with E-state index >= 15 is 0 Å². The molecule has 0 spiro atoms. The average molecular weight is 274 g/mol. The summed E-state index contributed by atoms with van der Waals surface area (Å²) < 4.78 is 2.27. The summed E-state index contributed by atoms with van der Waals surface area (Å²) in [5, 5.41) is 10.3. The summed E-state index contributed by atoms with van der Waals surface area (Å²) in [4.78, 5) is 11.3. The van der Waals surface area contributed by atoms with Crippen LogP contribution in [0.3, 0.4) is 0 Å². The van der Waals surface area contributed by atoms with E-state index in [-0.39, 0.29) is 0 Å². The molecule has 0 atom stereocenters. The van der Waals surface area contributed by atoms with Gasteiger partial charge in [0, 0.05) is 17.6 Å². The lowest BCUT2D eigenvalue weighted by atomic mass is 10.0. The zero-order valence-electron chi connectivity index (χ0n) is 12.4. The van der Waals surface area contributed by atoms with Crippen LogP contribution in [-0.4, -0.2) is 22.2 Å². The molecule has 3 N–H and O–H groups in total. The van der Waals surface area contributed by atoms with Crippen LogP contribution in [0.4, 0.5) is 0 Å². The van der Waals surface area contributed by atoms with Gasteiger partial charge in [0.05, 0.1) is 11.1 Å². The van der Waals surface area contributed by atoms with E-state index in [9.17, 15) is 9.90 Å². The summed E-state index contributed by atoms with van der Waals surface area (Å²) in [6, 6.07) is 3.59. The molecular weight excluding hydrogens is 252 g/mol. The first kappa shape index (κ1) is 14.6. The largest absolute Gasteiger partial charge is 0.478 e. The molecule has 0 aliphatic rings. The molecule has 0 unspecified atom stereocenters. The molecule has 4 nitrogen and oxygen atoms in total. The first-order valence-electron chi connectivity index (χ1n) is 7.13. The highest BCUT2D eigenvalue weighted by molar-refractivity contribution is 5.97. The van der Waals surface area contributed by atoms with Gasteiger partial charge in [-0.2, -0.15) is 0 Å². The molecule has 0 fully saturated rings. The average Bonchev–Trinajstić information content (AvgIpc) is 2.70. The third kappa shape index (κ3) is 2.20. The third-order valence-corrected chi connectivity index (χ3v) is 3.96. The maximum atomic E-state index is 11.3. The Morgan fingerprint density at radius 2 is 2.05 bits per heavy atom. The summed E-state index contributed by atoms with van der Waals surface area (Å²) >= 11 is 0. The van der Waals surface area contributed by atoms with Gasteiger partial charge >= 0.3 is 5.97 Å². The van der Waals surface area contributed by atoms with Crippen molar-refractivity contribution in [3.05, 3.63) is 34.5 Å². The Hall–Kier alpha value is -1.81. The second-order valence-corrected chi connectivity index (χ2v) is 5.04. The number of aryl methyl sites for hydroxylation is 2. The number of carboxylic acid groups (broad SMARTS) is 1. The van der Waals surface area contributed by atoms with Gasteiger partial charge in [-0.15, -0.1) is 0 Å². The minimum Gasteiger partial charge on any atom is -0.478 e. The van der Waals surface area contributed by atoms with Gasteiger partial charge in [0.2, 0.25) is 0 Å². The van der Waals surface area contributed by atoms with Gasteiger partial charge in [0.1, 0.15) is 0 Å². The molecule has 0 aliphatic heterocycles. The number of nitrogens with two attached hydrogens (primary N) is 1. The van der Waals surface area contributed by atoms with Crippen LogP contribution in [0.25, 0.3) is 10.9 Å². The van der Waals surface area contributed by atoms with E-state index in [1.54, 1.807) is 12.1 Å². The van der Waals surface area contributed by atoms with Crippen molar-refractivity contribution >= 4 is 16.9 Å². The SMILES string of the molecule is CCc1cc(C(=O)O)cc2c(CCN)c(C)n(CC)c12. The number of fused-ring (bicyclic) bond motifs is 1. The van der Waals surface area contributed by atoms with E-state index in [1.807, 2.05) is 0 Å². The maximum Gasteiger partial charge on any atom is 0.335 e. The normalized spacial score (nSPS) is 11.2. The van der Waals surface area contributed by atoms with E-state index in [0.717, 1.165) is 30.3 Å². The van der Waals surface area contributed by atoms with Crippen LogP contribution in [0, 0.1) is 6.92 Å². The summed E-state index contributed by atoms with van der Waals surface area (Å²) in [6.07, 6.45) is 1.60. The minimum absolute atomic E-state index is 0.362. The standard InChI is InChI=1S/C16H22N2O2/c1-4-11-8-12(16(19)20)9-14-13(6-7-17)10(3)18(5-2)15(11)14/h8-9H,4-7,17H2,1-3H3,(H,19,20). The molecule has 0 saturated heterocycles. The quantitative estimate of drug-likeness (QED) is 0.881. The Kier molecular flexibility index (Phi) is 4.14. The highest BCUT2D eigenvalue weighted by atomic mass is 16.4. The monoisotopic (exact) mass is 274 g/mol. The molecule has 1 aromatic carbocycles. The summed E-state index contributed by atoms with van der Waals surface area (Å²) in [5.74, 6) is -0.873. The van der Waals surface area contributed by atoms with Gasteiger partial charge < -0.3 is 15.4 Å². The zero-order valence-corrected chi connectivity index (χ0v) is 12.4. The van der Waals surface area contributed by atoms with Gasteiger partial charge in [-0.3, -0.25) is 0 Å². The molecule has 4 heteroatoms. The lowest BCUT2D eigenvalue weighted by molar-refractivity contribution is 0.0697. The van der Waals surface area contributed by atoms with Crippen molar-refractivity contribution in [3.8, 4) is 0 Å². The number of nitrogens with zero attached hydrogens (tertiary/aromatic N) is 1. The fraction of sp³-hybridized carbons (Fsp3) is 0.438. The maximum absolute atomic E-state index is 11.3. The second-order valence-electron chi connectivity index (χ2n) is 5.04. The molecule has 0 amide bonds. The number of hydrogen-bond acceptors (Lipinski definition) is 2. The lowest BCUT2D eigenvalue weighted by Gasteiger charge is -2.09. The van der Waals surface area contributed by atoms with E-state index in [2.05, 4.69) is 25.3 Å². The van der Waals surface area contributed by atoms with Gasteiger partial charge in [-0.05, 0) is 56.5 Å². The lowest BCUT2D eigenvalue weighted by Crippen LogP contribution is -2.04. The van der Waals surface area contributed by atoms with Gasteiger partial charge in [0.25, 0.3) is 0 Å². The number of carboxylic acids is 1. The van der Waals surface area contributed by atoms with Crippen LogP contribution >= 0.6 is 0 Å². The summed E-state index contributed by atoms with van der Waals surface area (Å²) in [6.45, 7) is 7.72. The molecule has 1 heterocycles. The van der Waals surface area contributed by atoms with Crippen molar-refractivity contribution in [2.75, 3.05) is 6.54 Å². The molecule has 1 aromatic heterocycles. The second kappa shape index (κ2) is 5.67. The molecule has 108 valence electrons. The van der Waals surface area contributed by atoms with E-state index in [1.165, 1.54) is 16.8 Å². The Bertz CT molecular complexity index is 656. The van der Waals surface area contributed by atoms with Crippen LogP contribution < -0.4 is 5.73 Å². The highest BCUT2D eigenvalue weighted by Crippen LogP contribution is 2.30. The third-order valence-electron chi connectivity index (χ3n) is 3.96. The fourth-order valence-electron chi connectivity index (χ4n) is 3.02. The smallest absolute Gasteiger partial charge is 0.335 e. The van der Waals surface area contributed by atoms with E-state index in [4.69, 9.17) is 5.73 Å². The number of benzene rings is 1. The molecule has 2 aromatic rings. The zero-order chi connectivity index (χ0) is 14.9. The van der Waals surface area contributed by atoms with E-state index < -0.39 is 5.97 Å². The Labute approximate surface area is 119 Å². The predicted molar refractivity (Wildman–Crippen MR) is 81.4 cm³/mol. The van der Waals surface area contributed by atoms with Crippen molar-refractivity contribution < 1.29 is 9.90 Å². The Morgan fingerprint density at radius 1 is 1.35 bits per heavy atom. The first-order chi connectivity index (χ1) is 9.54. The van der Waals surface area contributed by atoms with Crippen molar-refractivity contribution in [2.24, 2.45) is 5.73 Å². The summed E-state index contributed by atoms with van der Waals surface area (Å²) in [7, 11) is 0. The van der Waals surface area contributed by atoms with Gasteiger partial charge in [-0.1, -0.05) is 6.92 Å². The number of carbonyl (C=O) groups is 1. The molecule has 0 radical (unpaired) electrons. The molecule has 0 bridgehead atoms. The van der Waals surface area contributed by atoms with Crippen LogP contribution in [-0.2, 0) is 19.4 Å². The predicted octanol–water partition coefficient (Wildman–Crippen LogP) is 2.73. The molecule has 20 heavy (non-hydrogen) atoms. The fourth-order valence-corrected chi connectivity index (χ4v) is 3.02. The van der Waals surface area contributed by atoms with Crippen LogP contribution in [0.5, 0.6) is 0 Å². The molecule has 2 rings (SSSR count). The van der Waals surface area contributed by atoms with Crippen molar-refractivity contribution in [1.29, 1.82) is 0 Å². The van der Waals surface area contributed by atoms with Crippen molar-refractivity contribution in [1.82, 2.24) is 4.57 Å². The van der Waals surface area contributed by atoms with E-state index in [0.29, 0.717) is 12.1 Å².